The van der Waals surface area contributed by atoms with Crippen molar-refractivity contribution in [2.45, 2.75) is 93.3 Å². The summed E-state index contributed by atoms with van der Waals surface area (Å²) >= 11 is 0. The van der Waals surface area contributed by atoms with Crippen molar-refractivity contribution in [3.05, 3.63) is 0 Å². The number of carbonyl (C=O) groups excluding carboxylic acids is 2. The Bertz CT molecular complexity index is 680. The lowest BCUT2D eigenvalue weighted by atomic mass is 9.92. The maximum Gasteiger partial charge on any atom is 0.407 e. The van der Waals surface area contributed by atoms with E-state index in [0.717, 1.165) is 13.0 Å². The van der Waals surface area contributed by atoms with Gasteiger partial charge in [0, 0.05) is 32.7 Å². The van der Waals surface area contributed by atoms with Crippen LogP contribution in [-0.4, -0.2) is 78.8 Å². The van der Waals surface area contributed by atoms with Crippen LogP contribution in [0.1, 0.15) is 82.1 Å². The molecule has 0 unspecified atom stereocenters. The zero-order chi connectivity index (χ0) is 27.5. The normalized spacial score (nSPS) is 12.6. The number of amides is 3. The van der Waals surface area contributed by atoms with E-state index in [9.17, 15) is 19.5 Å². The van der Waals surface area contributed by atoms with Crippen molar-refractivity contribution < 1.29 is 29.0 Å². The van der Waals surface area contributed by atoms with Gasteiger partial charge in [-0.1, -0.05) is 27.7 Å². The van der Waals surface area contributed by atoms with E-state index in [1.165, 1.54) is 4.90 Å². The first-order valence-corrected chi connectivity index (χ1v) is 12.3. The molecule has 0 aromatic carbocycles. The first-order valence-electron chi connectivity index (χ1n) is 12.3. The molecule has 0 aromatic rings. The van der Waals surface area contributed by atoms with Crippen molar-refractivity contribution in [1.29, 1.82) is 0 Å². The Morgan fingerprint density at radius 3 is 1.60 bits per heavy atom. The van der Waals surface area contributed by atoms with Crippen LogP contribution in [0, 0.1) is 10.8 Å². The summed E-state index contributed by atoms with van der Waals surface area (Å²) in [4.78, 5) is 36.9. The highest BCUT2D eigenvalue weighted by Gasteiger charge is 2.26. The molecule has 3 amide bonds. The monoisotopic (exact) mass is 502 g/mol. The summed E-state index contributed by atoms with van der Waals surface area (Å²) in [5.41, 5.74) is -1.72. The molecule has 0 bridgehead atoms. The summed E-state index contributed by atoms with van der Waals surface area (Å²) in [5.74, 6) is 0. The number of nitrogens with zero attached hydrogens (tertiary/aromatic N) is 1. The number of carboxylic acid groups (broad SMARTS) is 1. The van der Waals surface area contributed by atoms with Crippen LogP contribution in [-0.2, 0) is 9.47 Å². The van der Waals surface area contributed by atoms with Crippen molar-refractivity contribution >= 4 is 18.3 Å². The average molecular weight is 503 g/mol. The standard InChI is InChI=1S/C25H50N4O6/c1-22(2,3)34-19(30)27-16-24(7,8)15-26-13-11-12-14-29(21(32)33)18-25(9,10)17-28-20(31)35-23(4,5)6/h26H,11-18H2,1-10H3,(H,27,30)(H,28,31)(H,32,33). The molecule has 206 valence electrons. The van der Waals surface area contributed by atoms with Crippen LogP contribution in [0.25, 0.3) is 0 Å². The smallest absolute Gasteiger partial charge is 0.407 e. The fourth-order valence-electron chi connectivity index (χ4n) is 3.11. The average Bonchev–Trinajstić information content (AvgIpc) is 2.64. The fraction of sp³-hybridized carbons (Fsp3) is 0.880. The van der Waals surface area contributed by atoms with Crippen LogP contribution < -0.4 is 16.0 Å². The molecule has 0 aromatic heterocycles. The molecule has 10 heteroatoms. The second-order valence-corrected chi connectivity index (χ2v) is 12.6. The van der Waals surface area contributed by atoms with Gasteiger partial charge in [-0.2, -0.15) is 0 Å². The minimum Gasteiger partial charge on any atom is -0.465 e. The Labute approximate surface area is 211 Å². The van der Waals surface area contributed by atoms with Crippen molar-refractivity contribution in [3.8, 4) is 0 Å². The molecule has 0 aliphatic rings. The van der Waals surface area contributed by atoms with Crippen LogP contribution in [0.2, 0.25) is 0 Å². The lowest BCUT2D eigenvalue weighted by Crippen LogP contribution is -2.45. The molecule has 0 heterocycles. The zero-order valence-electron chi connectivity index (χ0n) is 23.6. The predicted octanol–water partition coefficient (Wildman–Crippen LogP) is 4.44. The molecule has 0 aliphatic heterocycles. The summed E-state index contributed by atoms with van der Waals surface area (Å²) in [6.07, 6.45) is -0.384. The fourth-order valence-corrected chi connectivity index (χ4v) is 3.11. The number of hydrogen-bond acceptors (Lipinski definition) is 6. The Hall–Kier alpha value is -2.23. The third kappa shape index (κ3) is 18.7. The van der Waals surface area contributed by atoms with E-state index in [0.29, 0.717) is 39.1 Å². The van der Waals surface area contributed by atoms with E-state index in [1.807, 2.05) is 34.6 Å². The van der Waals surface area contributed by atoms with Crippen LogP contribution >= 0.6 is 0 Å². The molecule has 0 fully saturated rings. The number of nitrogens with one attached hydrogen (secondary N) is 3. The topological polar surface area (TPSA) is 129 Å². The van der Waals surface area contributed by atoms with Gasteiger partial charge in [0.15, 0.2) is 0 Å². The Balaban J connectivity index is 4.32. The van der Waals surface area contributed by atoms with Gasteiger partial charge in [-0.15, -0.1) is 0 Å². The maximum atomic E-state index is 11.9. The highest BCUT2D eigenvalue weighted by molar-refractivity contribution is 5.68. The van der Waals surface area contributed by atoms with Gasteiger partial charge in [0.2, 0.25) is 0 Å². The summed E-state index contributed by atoms with van der Waals surface area (Å²) in [5, 5.41) is 18.5. The van der Waals surface area contributed by atoms with Gasteiger partial charge < -0.3 is 35.4 Å². The highest BCUT2D eigenvalue weighted by Crippen LogP contribution is 2.18. The van der Waals surface area contributed by atoms with Crippen LogP contribution in [0.5, 0.6) is 0 Å². The Morgan fingerprint density at radius 2 is 1.17 bits per heavy atom. The van der Waals surface area contributed by atoms with E-state index >= 15 is 0 Å². The van der Waals surface area contributed by atoms with Crippen molar-refractivity contribution in [1.82, 2.24) is 20.9 Å². The van der Waals surface area contributed by atoms with Crippen LogP contribution in [0.15, 0.2) is 0 Å². The molecule has 0 spiro atoms. The predicted molar refractivity (Wildman–Crippen MR) is 138 cm³/mol. The minimum atomic E-state index is -0.974. The number of alkyl carbamates (subject to hydrolysis) is 2. The molecule has 0 radical (unpaired) electrons. The van der Waals surface area contributed by atoms with Crippen LogP contribution in [0.4, 0.5) is 14.4 Å². The Morgan fingerprint density at radius 1 is 0.714 bits per heavy atom. The quantitative estimate of drug-likeness (QED) is 0.274. The third-order valence-electron chi connectivity index (χ3n) is 4.74. The second kappa shape index (κ2) is 13.8. The minimum absolute atomic E-state index is 0.158. The lowest BCUT2D eigenvalue weighted by molar-refractivity contribution is 0.0488. The molecule has 0 aliphatic carbocycles. The van der Waals surface area contributed by atoms with Gasteiger partial charge in [-0.25, -0.2) is 14.4 Å². The number of unbranched alkanes of at least 4 members (excludes halogenated alkanes) is 1. The van der Waals surface area contributed by atoms with Gasteiger partial charge >= 0.3 is 18.3 Å². The van der Waals surface area contributed by atoms with Crippen molar-refractivity contribution in [2.75, 3.05) is 39.3 Å². The molecule has 10 nitrogen and oxygen atoms in total. The van der Waals surface area contributed by atoms with Gasteiger partial charge in [0.05, 0.1) is 0 Å². The molecule has 0 atom stereocenters. The molecular weight excluding hydrogens is 452 g/mol. The van der Waals surface area contributed by atoms with Gasteiger partial charge in [-0.3, -0.25) is 0 Å². The van der Waals surface area contributed by atoms with Gasteiger partial charge in [-0.05, 0) is 71.8 Å². The molecule has 4 N–H and O–H groups in total. The summed E-state index contributed by atoms with van der Waals surface area (Å²) < 4.78 is 10.5. The third-order valence-corrected chi connectivity index (χ3v) is 4.74. The maximum absolute atomic E-state index is 11.9. The summed E-state index contributed by atoms with van der Waals surface area (Å²) in [7, 11) is 0. The molecule has 0 saturated carbocycles. The molecule has 0 rings (SSSR count). The number of carbonyl (C=O) groups is 3. The second-order valence-electron chi connectivity index (χ2n) is 12.6. The molecular formula is C25H50N4O6. The van der Waals surface area contributed by atoms with Gasteiger partial charge in [0.1, 0.15) is 11.2 Å². The number of hydrogen-bond donors (Lipinski definition) is 4. The highest BCUT2D eigenvalue weighted by atomic mass is 16.6. The summed E-state index contributed by atoms with van der Waals surface area (Å²) in [6, 6.07) is 0. The van der Waals surface area contributed by atoms with E-state index in [1.54, 1.807) is 20.8 Å². The Kier molecular flexibility index (Phi) is 12.9. The van der Waals surface area contributed by atoms with E-state index in [-0.39, 0.29) is 5.41 Å². The van der Waals surface area contributed by atoms with E-state index < -0.39 is 34.9 Å². The molecule has 35 heavy (non-hydrogen) atoms. The van der Waals surface area contributed by atoms with Crippen LogP contribution in [0.3, 0.4) is 0 Å². The number of rotatable bonds is 13. The zero-order valence-corrected chi connectivity index (χ0v) is 23.6. The lowest BCUT2D eigenvalue weighted by Gasteiger charge is -2.31. The van der Waals surface area contributed by atoms with Crippen molar-refractivity contribution in [2.24, 2.45) is 10.8 Å². The van der Waals surface area contributed by atoms with Crippen molar-refractivity contribution in [3.63, 3.8) is 0 Å². The number of ether oxygens (including phenoxy) is 2. The van der Waals surface area contributed by atoms with E-state index in [2.05, 4.69) is 29.8 Å². The SMILES string of the molecule is CC(C)(CNCCCCN(CC(C)(C)CNC(=O)OC(C)(C)C)C(=O)O)CNC(=O)OC(C)(C)C. The first kappa shape index (κ1) is 32.8. The van der Waals surface area contributed by atoms with Gasteiger partial charge in [0.25, 0.3) is 0 Å². The molecule has 0 saturated heterocycles. The first-order chi connectivity index (χ1) is 15.7. The summed E-state index contributed by atoms with van der Waals surface area (Å²) in [6.45, 7) is 21.7. The largest absolute Gasteiger partial charge is 0.465 e. The van der Waals surface area contributed by atoms with E-state index in [4.69, 9.17) is 9.47 Å².